The van der Waals surface area contributed by atoms with Crippen LogP contribution in [-0.4, -0.2) is 54.4 Å². The first-order chi connectivity index (χ1) is 9.05. The van der Waals surface area contributed by atoms with Gasteiger partial charge in [-0.1, -0.05) is 19.8 Å². The smallest absolute Gasteiger partial charge is 0.282 e. The van der Waals surface area contributed by atoms with Crippen molar-refractivity contribution >= 4 is 10.2 Å². The van der Waals surface area contributed by atoms with Crippen LogP contribution in [0, 0.1) is 5.92 Å². The van der Waals surface area contributed by atoms with E-state index in [1.807, 2.05) is 0 Å². The van der Waals surface area contributed by atoms with Crippen LogP contribution in [0.5, 0.6) is 0 Å². The average molecular weight is 290 g/mol. The molecule has 0 saturated carbocycles. The van der Waals surface area contributed by atoms with Crippen molar-refractivity contribution in [2.24, 2.45) is 5.92 Å². The first-order valence-electron chi connectivity index (χ1n) is 7.43. The van der Waals surface area contributed by atoms with Crippen molar-refractivity contribution in [2.75, 3.05) is 26.2 Å². The van der Waals surface area contributed by atoms with Gasteiger partial charge >= 0.3 is 0 Å². The monoisotopic (exact) mass is 290 g/mol. The number of piperidine rings is 1. The molecule has 0 bridgehead atoms. The lowest BCUT2D eigenvalue weighted by Gasteiger charge is -2.36. The second-order valence-corrected chi connectivity index (χ2v) is 7.79. The topological polar surface area (TPSA) is 60.9 Å². The molecule has 2 rings (SSSR count). The van der Waals surface area contributed by atoms with Crippen molar-refractivity contribution in [3.8, 4) is 0 Å². The van der Waals surface area contributed by atoms with E-state index in [-0.39, 0.29) is 12.6 Å². The minimum Gasteiger partial charge on any atom is -0.395 e. The van der Waals surface area contributed by atoms with Crippen molar-refractivity contribution in [1.29, 1.82) is 0 Å². The summed E-state index contributed by atoms with van der Waals surface area (Å²) < 4.78 is 28.7. The summed E-state index contributed by atoms with van der Waals surface area (Å²) in [6.07, 6.45) is 5.79. The Balaban J connectivity index is 2.15. The van der Waals surface area contributed by atoms with Gasteiger partial charge in [-0.25, -0.2) is 0 Å². The van der Waals surface area contributed by atoms with E-state index in [2.05, 4.69) is 6.92 Å². The molecule has 2 atom stereocenters. The van der Waals surface area contributed by atoms with Gasteiger partial charge in [0.05, 0.1) is 6.61 Å². The Bertz CT molecular complexity index is 385. The van der Waals surface area contributed by atoms with Crippen LogP contribution in [0.1, 0.15) is 45.4 Å². The van der Waals surface area contributed by atoms with E-state index in [1.165, 1.54) is 0 Å². The van der Waals surface area contributed by atoms with E-state index in [0.717, 1.165) is 38.5 Å². The molecule has 2 aliphatic rings. The Kier molecular flexibility index (Phi) is 5.22. The molecule has 2 aliphatic heterocycles. The summed E-state index contributed by atoms with van der Waals surface area (Å²) in [5.74, 6) is 0.433. The lowest BCUT2D eigenvalue weighted by molar-refractivity contribution is 0.172. The van der Waals surface area contributed by atoms with Gasteiger partial charge in [-0.15, -0.1) is 0 Å². The Morgan fingerprint density at radius 1 is 1.11 bits per heavy atom. The van der Waals surface area contributed by atoms with Crippen LogP contribution in [-0.2, 0) is 10.2 Å². The largest absolute Gasteiger partial charge is 0.395 e. The molecule has 0 aromatic rings. The molecule has 0 spiro atoms. The third kappa shape index (κ3) is 3.48. The minimum atomic E-state index is -3.40. The zero-order valence-corrected chi connectivity index (χ0v) is 12.6. The lowest BCUT2D eigenvalue weighted by atomic mass is 10.0. The number of hydrogen-bond donors (Lipinski definition) is 1. The molecule has 2 heterocycles. The van der Waals surface area contributed by atoms with Gasteiger partial charge in [0.2, 0.25) is 0 Å². The molecule has 1 N–H and O–H groups in total. The number of hydrogen-bond acceptors (Lipinski definition) is 3. The second kappa shape index (κ2) is 6.52. The molecule has 112 valence electrons. The highest BCUT2D eigenvalue weighted by molar-refractivity contribution is 7.86. The lowest BCUT2D eigenvalue weighted by Crippen LogP contribution is -2.52. The Hall–Kier alpha value is -0.170. The maximum Gasteiger partial charge on any atom is 0.282 e. The average Bonchev–Trinajstić information content (AvgIpc) is 2.64. The van der Waals surface area contributed by atoms with Crippen LogP contribution in [0.3, 0.4) is 0 Å². The highest BCUT2D eigenvalue weighted by atomic mass is 32.2. The zero-order chi connectivity index (χ0) is 13.9. The van der Waals surface area contributed by atoms with Crippen molar-refractivity contribution in [2.45, 2.75) is 51.5 Å². The molecule has 0 aliphatic carbocycles. The van der Waals surface area contributed by atoms with Crippen LogP contribution in [0.15, 0.2) is 0 Å². The van der Waals surface area contributed by atoms with Gasteiger partial charge in [-0.2, -0.15) is 17.0 Å². The van der Waals surface area contributed by atoms with Crippen molar-refractivity contribution in [1.82, 2.24) is 8.61 Å². The number of nitrogens with zero attached hydrogens (tertiary/aromatic N) is 2. The second-order valence-electron chi connectivity index (χ2n) is 5.91. The van der Waals surface area contributed by atoms with E-state index in [1.54, 1.807) is 8.61 Å². The highest BCUT2D eigenvalue weighted by Gasteiger charge is 2.36. The standard InChI is InChI=1S/C13H26N2O3S/c1-12-6-5-8-14(10-12)19(17,18)15-9-4-2-3-7-13(15)11-16/h12-13,16H,2-11H2,1H3. The first kappa shape index (κ1) is 15.2. The van der Waals surface area contributed by atoms with Crippen molar-refractivity contribution in [3.05, 3.63) is 0 Å². The van der Waals surface area contributed by atoms with Crippen molar-refractivity contribution < 1.29 is 13.5 Å². The third-order valence-corrected chi connectivity index (χ3v) is 6.33. The summed E-state index contributed by atoms with van der Waals surface area (Å²) in [4.78, 5) is 0. The molecule has 6 heteroatoms. The Morgan fingerprint density at radius 3 is 2.58 bits per heavy atom. The maximum absolute atomic E-state index is 12.7. The van der Waals surface area contributed by atoms with Gasteiger partial charge in [0.1, 0.15) is 0 Å². The molecule has 19 heavy (non-hydrogen) atoms. The first-order valence-corrected chi connectivity index (χ1v) is 8.83. The number of aliphatic hydroxyl groups excluding tert-OH is 1. The van der Waals surface area contributed by atoms with E-state index >= 15 is 0 Å². The summed E-state index contributed by atoms with van der Waals surface area (Å²) in [6, 6.07) is -0.232. The summed E-state index contributed by atoms with van der Waals surface area (Å²) in [5.41, 5.74) is 0. The van der Waals surface area contributed by atoms with Gasteiger partial charge in [-0.3, -0.25) is 0 Å². The molecule has 0 aromatic heterocycles. The fourth-order valence-electron chi connectivity index (χ4n) is 3.14. The molecule has 5 nitrogen and oxygen atoms in total. The molecular weight excluding hydrogens is 264 g/mol. The summed E-state index contributed by atoms with van der Waals surface area (Å²) >= 11 is 0. The normalized spacial score (nSPS) is 32.1. The molecule has 0 aromatic carbocycles. The van der Waals surface area contributed by atoms with Crippen LogP contribution < -0.4 is 0 Å². The number of rotatable bonds is 3. The van der Waals surface area contributed by atoms with Crippen LogP contribution in [0.25, 0.3) is 0 Å². The van der Waals surface area contributed by atoms with Crippen LogP contribution >= 0.6 is 0 Å². The van der Waals surface area contributed by atoms with E-state index in [9.17, 15) is 13.5 Å². The predicted octanol–water partition coefficient (Wildman–Crippen LogP) is 1.20. The molecule has 2 saturated heterocycles. The molecule has 2 unspecified atom stereocenters. The molecule has 0 radical (unpaired) electrons. The minimum absolute atomic E-state index is 0.0668. The van der Waals surface area contributed by atoms with Gasteiger partial charge in [0.25, 0.3) is 10.2 Å². The SMILES string of the molecule is CC1CCCN(S(=O)(=O)N2CCCCCC2CO)C1. The maximum atomic E-state index is 12.7. The quantitative estimate of drug-likeness (QED) is 0.849. The van der Waals surface area contributed by atoms with Crippen molar-refractivity contribution in [3.63, 3.8) is 0 Å². The van der Waals surface area contributed by atoms with Crippen LogP contribution in [0.4, 0.5) is 0 Å². The zero-order valence-electron chi connectivity index (χ0n) is 11.8. The number of aliphatic hydroxyl groups is 1. The van der Waals surface area contributed by atoms with E-state index in [4.69, 9.17) is 0 Å². The third-order valence-electron chi connectivity index (χ3n) is 4.28. The van der Waals surface area contributed by atoms with Gasteiger partial charge in [0.15, 0.2) is 0 Å². The molecule has 0 amide bonds. The molecule has 2 fully saturated rings. The van der Waals surface area contributed by atoms with Gasteiger partial charge in [-0.05, 0) is 31.6 Å². The van der Waals surface area contributed by atoms with E-state index in [0.29, 0.717) is 25.6 Å². The van der Waals surface area contributed by atoms with Gasteiger partial charge in [0, 0.05) is 25.7 Å². The molecular formula is C13H26N2O3S. The summed E-state index contributed by atoms with van der Waals surface area (Å²) in [7, 11) is -3.40. The fourth-order valence-corrected chi connectivity index (χ4v) is 5.15. The van der Waals surface area contributed by atoms with Crippen LogP contribution in [0.2, 0.25) is 0 Å². The summed E-state index contributed by atoms with van der Waals surface area (Å²) in [6.45, 7) is 3.84. The predicted molar refractivity (Wildman–Crippen MR) is 74.9 cm³/mol. The Morgan fingerprint density at radius 2 is 1.89 bits per heavy atom. The van der Waals surface area contributed by atoms with Gasteiger partial charge < -0.3 is 5.11 Å². The Labute approximate surface area is 116 Å². The fraction of sp³-hybridized carbons (Fsp3) is 1.00. The van der Waals surface area contributed by atoms with E-state index < -0.39 is 10.2 Å². The summed E-state index contributed by atoms with van der Waals surface area (Å²) in [5, 5.41) is 9.48. The highest BCUT2D eigenvalue weighted by Crippen LogP contribution is 2.25.